The van der Waals surface area contributed by atoms with E-state index in [9.17, 15) is 14.4 Å². The molecule has 0 aliphatic heterocycles. The summed E-state index contributed by atoms with van der Waals surface area (Å²) >= 11 is 1.14. The first kappa shape index (κ1) is 19.2. The summed E-state index contributed by atoms with van der Waals surface area (Å²) in [6, 6.07) is 13.8. The van der Waals surface area contributed by atoms with E-state index in [1.807, 2.05) is 30.3 Å². The second-order valence-electron chi connectivity index (χ2n) is 6.04. The number of nitrogens with zero attached hydrogens (tertiary/aromatic N) is 1. The van der Waals surface area contributed by atoms with Gasteiger partial charge >= 0.3 is 5.97 Å². The molecule has 0 fully saturated rings. The number of carbonyl (C=O) groups excluding carboxylic acids is 2. The van der Waals surface area contributed by atoms with Crippen molar-refractivity contribution in [3.8, 4) is 0 Å². The van der Waals surface area contributed by atoms with Crippen LogP contribution in [0.4, 0.5) is 10.8 Å². The molecule has 0 unspecified atom stereocenters. The highest BCUT2D eigenvalue weighted by Gasteiger charge is 2.15. The van der Waals surface area contributed by atoms with E-state index >= 15 is 0 Å². The first-order valence-corrected chi connectivity index (χ1v) is 9.25. The number of hydrogen-bond acceptors (Lipinski definition) is 5. The zero-order valence-electron chi connectivity index (χ0n) is 14.9. The number of nitrogens with one attached hydrogen (secondary N) is 2. The molecule has 142 valence electrons. The zero-order valence-corrected chi connectivity index (χ0v) is 15.7. The average molecular weight is 395 g/mol. The van der Waals surface area contributed by atoms with E-state index < -0.39 is 11.9 Å². The Kier molecular flexibility index (Phi) is 5.81. The Labute approximate surface area is 165 Å². The highest BCUT2D eigenvalue weighted by atomic mass is 32.1. The van der Waals surface area contributed by atoms with Gasteiger partial charge in [-0.05, 0) is 30.2 Å². The molecule has 0 spiro atoms. The molecule has 0 aliphatic carbocycles. The molecule has 28 heavy (non-hydrogen) atoms. The number of benzene rings is 2. The Morgan fingerprint density at radius 3 is 2.54 bits per heavy atom. The molecule has 3 rings (SSSR count). The second kappa shape index (κ2) is 8.45. The second-order valence-corrected chi connectivity index (χ2v) is 6.90. The van der Waals surface area contributed by atoms with Crippen LogP contribution in [-0.4, -0.2) is 27.9 Å². The SMILES string of the molecule is Cc1ccc(C(=O)O)cc1NC(=O)c1csc(NC(=O)Cc2ccccc2)n1. The predicted molar refractivity (Wildman–Crippen MR) is 107 cm³/mol. The van der Waals surface area contributed by atoms with Crippen LogP contribution < -0.4 is 10.6 Å². The Morgan fingerprint density at radius 1 is 1.07 bits per heavy atom. The van der Waals surface area contributed by atoms with E-state index in [4.69, 9.17) is 5.11 Å². The molecule has 3 aromatic rings. The topological polar surface area (TPSA) is 108 Å². The van der Waals surface area contributed by atoms with Crippen LogP contribution >= 0.6 is 11.3 Å². The fourth-order valence-electron chi connectivity index (χ4n) is 2.46. The van der Waals surface area contributed by atoms with Crippen LogP contribution in [0.3, 0.4) is 0 Å². The third-order valence-electron chi connectivity index (χ3n) is 3.92. The number of thiazole rings is 1. The highest BCUT2D eigenvalue weighted by Crippen LogP contribution is 2.20. The highest BCUT2D eigenvalue weighted by molar-refractivity contribution is 7.14. The summed E-state index contributed by atoms with van der Waals surface area (Å²) in [7, 11) is 0. The smallest absolute Gasteiger partial charge is 0.335 e. The lowest BCUT2D eigenvalue weighted by molar-refractivity contribution is -0.115. The summed E-state index contributed by atoms with van der Waals surface area (Å²) in [6.07, 6.45) is 0.211. The third-order valence-corrected chi connectivity index (χ3v) is 4.68. The van der Waals surface area contributed by atoms with Crippen LogP contribution in [0.2, 0.25) is 0 Å². The molecule has 0 radical (unpaired) electrons. The molecule has 0 saturated carbocycles. The lowest BCUT2D eigenvalue weighted by Gasteiger charge is -2.08. The van der Waals surface area contributed by atoms with Crippen molar-refractivity contribution in [2.24, 2.45) is 0 Å². The quantitative estimate of drug-likeness (QED) is 0.591. The number of amides is 2. The summed E-state index contributed by atoms with van der Waals surface area (Å²) in [4.78, 5) is 39.7. The molecule has 1 aromatic heterocycles. The minimum absolute atomic E-state index is 0.0769. The first-order valence-electron chi connectivity index (χ1n) is 8.37. The van der Waals surface area contributed by atoms with E-state index in [1.54, 1.807) is 13.0 Å². The molecule has 0 atom stereocenters. The van der Waals surface area contributed by atoms with Crippen molar-refractivity contribution >= 4 is 39.9 Å². The van der Waals surface area contributed by atoms with Gasteiger partial charge in [-0.1, -0.05) is 36.4 Å². The fourth-order valence-corrected chi connectivity index (χ4v) is 3.16. The average Bonchev–Trinajstić information content (AvgIpc) is 3.12. The number of aromatic carboxylic acids is 1. The Morgan fingerprint density at radius 2 is 1.82 bits per heavy atom. The van der Waals surface area contributed by atoms with Crippen LogP contribution in [0.25, 0.3) is 0 Å². The normalized spacial score (nSPS) is 10.3. The zero-order chi connectivity index (χ0) is 20.1. The van der Waals surface area contributed by atoms with E-state index in [1.165, 1.54) is 17.5 Å². The number of aromatic nitrogens is 1. The first-order chi connectivity index (χ1) is 13.4. The molecule has 0 aliphatic rings. The Hall–Kier alpha value is -3.52. The van der Waals surface area contributed by atoms with Crippen LogP contribution in [0, 0.1) is 6.92 Å². The minimum atomic E-state index is -1.08. The van der Waals surface area contributed by atoms with Crippen molar-refractivity contribution in [2.75, 3.05) is 10.6 Å². The van der Waals surface area contributed by atoms with Gasteiger partial charge in [0.25, 0.3) is 5.91 Å². The molecule has 0 bridgehead atoms. The van der Waals surface area contributed by atoms with Gasteiger partial charge in [0, 0.05) is 11.1 Å². The lowest BCUT2D eigenvalue weighted by Crippen LogP contribution is -2.16. The third kappa shape index (κ3) is 4.80. The fraction of sp³-hybridized carbons (Fsp3) is 0.100. The van der Waals surface area contributed by atoms with Crippen molar-refractivity contribution in [3.05, 3.63) is 76.3 Å². The van der Waals surface area contributed by atoms with Gasteiger partial charge in [-0.3, -0.25) is 9.59 Å². The van der Waals surface area contributed by atoms with Gasteiger partial charge in [0.05, 0.1) is 12.0 Å². The maximum absolute atomic E-state index is 12.4. The van der Waals surface area contributed by atoms with Crippen molar-refractivity contribution in [3.63, 3.8) is 0 Å². The maximum atomic E-state index is 12.4. The number of carboxylic acids is 1. The summed E-state index contributed by atoms with van der Waals surface area (Å²) in [5.74, 6) is -1.78. The van der Waals surface area contributed by atoms with Crippen LogP contribution in [0.1, 0.15) is 32.0 Å². The van der Waals surface area contributed by atoms with Gasteiger partial charge in [-0.2, -0.15) is 0 Å². The van der Waals surface area contributed by atoms with E-state index in [2.05, 4.69) is 15.6 Å². The molecular formula is C20H17N3O4S. The van der Waals surface area contributed by atoms with Gasteiger partial charge in [0.15, 0.2) is 5.13 Å². The number of aryl methyl sites for hydroxylation is 1. The van der Waals surface area contributed by atoms with Gasteiger partial charge in [0.2, 0.25) is 5.91 Å². The van der Waals surface area contributed by atoms with E-state index in [0.717, 1.165) is 22.5 Å². The Bertz CT molecular complexity index is 1030. The number of anilines is 2. The lowest BCUT2D eigenvalue weighted by atomic mass is 10.1. The van der Waals surface area contributed by atoms with Crippen LogP contribution in [0.15, 0.2) is 53.9 Å². The molecule has 0 saturated heterocycles. The van der Waals surface area contributed by atoms with Gasteiger partial charge in [-0.25, -0.2) is 9.78 Å². The number of rotatable bonds is 6. The van der Waals surface area contributed by atoms with Crippen LogP contribution in [0.5, 0.6) is 0 Å². The predicted octanol–water partition coefficient (Wildman–Crippen LogP) is 3.58. The molecule has 8 heteroatoms. The number of carbonyl (C=O) groups is 3. The van der Waals surface area contributed by atoms with E-state index in [-0.39, 0.29) is 23.6 Å². The van der Waals surface area contributed by atoms with Gasteiger partial charge < -0.3 is 15.7 Å². The monoisotopic (exact) mass is 395 g/mol. The largest absolute Gasteiger partial charge is 0.478 e. The number of hydrogen-bond donors (Lipinski definition) is 3. The molecule has 7 nitrogen and oxygen atoms in total. The minimum Gasteiger partial charge on any atom is -0.478 e. The molecule has 2 aromatic carbocycles. The summed E-state index contributed by atoms with van der Waals surface area (Å²) in [5.41, 5.74) is 2.22. The van der Waals surface area contributed by atoms with Crippen molar-refractivity contribution < 1.29 is 19.5 Å². The van der Waals surface area contributed by atoms with Gasteiger partial charge in [0.1, 0.15) is 5.69 Å². The Balaban J connectivity index is 1.65. The summed E-state index contributed by atoms with van der Waals surface area (Å²) in [6.45, 7) is 1.76. The molecule has 2 amide bonds. The molecular weight excluding hydrogens is 378 g/mol. The summed E-state index contributed by atoms with van der Waals surface area (Å²) in [5, 5.41) is 16.3. The van der Waals surface area contributed by atoms with E-state index in [0.29, 0.717) is 10.8 Å². The van der Waals surface area contributed by atoms with Crippen LogP contribution in [-0.2, 0) is 11.2 Å². The summed E-state index contributed by atoms with van der Waals surface area (Å²) < 4.78 is 0. The van der Waals surface area contributed by atoms with Crippen molar-refractivity contribution in [2.45, 2.75) is 13.3 Å². The molecule has 3 N–H and O–H groups in total. The maximum Gasteiger partial charge on any atom is 0.335 e. The standard InChI is InChI=1S/C20H17N3O4S/c1-12-7-8-14(19(26)27)10-15(12)21-18(25)16-11-28-20(22-16)23-17(24)9-13-5-3-2-4-6-13/h2-8,10-11H,9H2,1H3,(H,21,25)(H,26,27)(H,22,23,24). The van der Waals surface area contributed by atoms with Crippen molar-refractivity contribution in [1.82, 2.24) is 4.98 Å². The van der Waals surface area contributed by atoms with Gasteiger partial charge in [-0.15, -0.1) is 11.3 Å². The molecule has 1 heterocycles. The van der Waals surface area contributed by atoms with Crippen molar-refractivity contribution in [1.29, 1.82) is 0 Å². The number of carboxylic acid groups (broad SMARTS) is 1.